The Morgan fingerprint density at radius 2 is 1.79 bits per heavy atom. The minimum Gasteiger partial charge on any atom is -0.439 e. The normalized spacial score (nSPS) is 11.0. The van der Waals surface area contributed by atoms with Gasteiger partial charge >= 0.3 is 5.56 Å². The summed E-state index contributed by atoms with van der Waals surface area (Å²) in [7, 11) is 1.76. The summed E-state index contributed by atoms with van der Waals surface area (Å²) < 4.78 is 22.2. The van der Waals surface area contributed by atoms with E-state index in [1.807, 2.05) is 28.8 Å². The monoisotopic (exact) mass is 476 g/mol. The fraction of sp³-hybridized carbons (Fsp3) is 0.0833. The molecule has 170 valence electrons. The first kappa shape index (κ1) is 21.6. The molecule has 1 N–H and O–H groups in total. The minimum absolute atomic E-state index is 0.279. The number of halogens is 2. The number of fused-ring (bicyclic) bond motifs is 1. The van der Waals surface area contributed by atoms with Crippen LogP contribution in [-0.2, 0) is 13.6 Å². The maximum atomic E-state index is 13.0. The van der Waals surface area contributed by atoms with Gasteiger partial charge in [0.1, 0.15) is 11.6 Å². The van der Waals surface area contributed by atoms with Gasteiger partial charge in [-0.3, -0.25) is 9.36 Å². The Morgan fingerprint density at radius 1 is 1.03 bits per heavy atom. The van der Waals surface area contributed by atoms with Crippen LogP contribution >= 0.6 is 11.6 Å². The predicted molar refractivity (Wildman–Crippen MR) is 127 cm³/mol. The van der Waals surface area contributed by atoms with E-state index < -0.39 is 5.82 Å². The smallest absolute Gasteiger partial charge is 0.300 e. The van der Waals surface area contributed by atoms with Crippen LogP contribution in [0.1, 0.15) is 5.56 Å². The molecule has 0 aliphatic rings. The highest BCUT2D eigenvalue weighted by atomic mass is 35.5. The van der Waals surface area contributed by atoms with Crippen molar-refractivity contribution in [2.24, 2.45) is 7.05 Å². The molecule has 34 heavy (non-hydrogen) atoms. The third-order valence-corrected chi connectivity index (χ3v) is 5.38. The standard InChI is InChI=1S/C24H18ClFN6O2/c1-31-14-28-22-21(31)23(33)30-24(32(22)13-15-2-4-16(25)5-3-15)29-18-7-9-19(10-8-18)34-20-11-6-17(26)12-27-20/h2-12,14H,13H2,1H3,(H,29,30,33). The molecule has 3 heterocycles. The molecule has 0 aliphatic carbocycles. The van der Waals surface area contributed by atoms with E-state index in [2.05, 4.69) is 20.3 Å². The topological polar surface area (TPSA) is 86.9 Å². The Morgan fingerprint density at radius 3 is 2.50 bits per heavy atom. The molecule has 0 fully saturated rings. The highest BCUT2D eigenvalue weighted by Crippen LogP contribution is 2.24. The van der Waals surface area contributed by atoms with Gasteiger partial charge in [-0.05, 0) is 48.0 Å². The van der Waals surface area contributed by atoms with Gasteiger partial charge in [0.05, 0.1) is 19.1 Å². The molecule has 3 aromatic heterocycles. The second kappa shape index (κ2) is 8.95. The third kappa shape index (κ3) is 4.46. The largest absolute Gasteiger partial charge is 0.439 e. The summed E-state index contributed by atoms with van der Waals surface area (Å²) in [6, 6.07) is 17.2. The van der Waals surface area contributed by atoms with Gasteiger partial charge in [-0.25, -0.2) is 14.4 Å². The quantitative estimate of drug-likeness (QED) is 0.375. The Labute approximate surface area is 198 Å². The lowest BCUT2D eigenvalue weighted by molar-refractivity contribution is 0.459. The number of hydrogen-bond donors (Lipinski definition) is 1. The van der Waals surface area contributed by atoms with Crippen LogP contribution in [-0.4, -0.2) is 24.1 Å². The molecule has 10 heteroatoms. The van der Waals surface area contributed by atoms with Crippen LogP contribution in [0, 0.1) is 5.82 Å². The van der Waals surface area contributed by atoms with Crippen molar-refractivity contribution < 1.29 is 9.13 Å². The van der Waals surface area contributed by atoms with E-state index in [0.717, 1.165) is 11.8 Å². The van der Waals surface area contributed by atoms with Gasteiger partial charge in [0.25, 0.3) is 0 Å². The number of rotatable bonds is 6. The fourth-order valence-corrected chi connectivity index (χ4v) is 3.59. The van der Waals surface area contributed by atoms with E-state index in [4.69, 9.17) is 16.3 Å². The predicted octanol–water partition coefficient (Wildman–Crippen LogP) is 4.90. The zero-order valence-electron chi connectivity index (χ0n) is 17.9. The third-order valence-electron chi connectivity index (χ3n) is 5.13. The molecule has 2 aromatic carbocycles. The summed E-state index contributed by atoms with van der Waals surface area (Å²) in [5, 5.41) is 3.84. The van der Waals surface area contributed by atoms with Gasteiger partial charge in [0, 0.05) is 23.8 Å². The lowest BCUT2D eigenvalue weighted by atomic mass is 10.2. The van der Waals surface area contributed by atoms with Crippen molar-refractivity contribution in [3.8, 4) is 11.6 Å². The van der Waals surface area contributed by atoms with Gasteiger partial charge in [-0.2, -0.15) is 4.98 Å². The zero-order valence-corrected chi connectivity index (χ0v) is 18.7. The number of benzene rings is 2. The van der Waals surface area contributed by atoms with Crippen LogP contribution in [0.4, 0.5) is 16.0 Å². The summed E-state index contributed by atoms with van der Waals surface area (Å²) in [6.45, 7) is 0.428. The average molecular weight is 477 g/mol. The lowest BCUT2D eigenvalue weighted by Gasteiger charge is -2.15. The van der Waals surface area contributed by atoms with Gasteiger partial charge < -0.3 is 14.6 Å². The van der Waals surface area contributed by atoms with E-state index in [-0.39, 0.29) is 11.4 Å². The number of pyridine rings is 1. The number of aryl methyl sites for hydroxylation is 1. The average Bonchev–Trinajstić information content (AvgIpc) is 3.22. The Balaban J connectivity index is 1.46. The molecule has 8 nitrogen and oxygen atoms in total. The van der Waals surface area contributed by atoms with Crippen LogP contribution in [0.15, 0.2) is 78.0 Å². The molecule has 0 saturated heterocycles. The second-order valence-corrected chi connectivity index (χ2v) is 7.98. The Hall–Kier alpha value is -4.24. The molecule has 0 saturated carbocycles. The second-order valence-electron chi connectivity index (χ2n) is 7.55. The number of anilines is 2. The summed E-state index contributed by atoms with van der Waals surface area (Å²) in [5.74, 6) is 0.714. The van der Waals surface area contributed by atoms with Crippen LogP contribution in [0.2, 0.25) is 5.02 Å². The molecule has 0 amide bonds. The van der Waals surface area contributed by atoms with Gasteiger partial charge in [-0.1, -0.05) is 23.7 Å². The van der Waals surface area contributed by atoms with Crippen molar-refractivity contribution in [3.05, 3.63) is 99.9 Å². The number of imidazole rings is 1. The first-order valence-corrected chi connectivity index (χ1v) is 10.7. The first-order chi connectivity index (χ1) is 16.5. The molecule has 0 unspecified atom stereocenters. The van der Waals surface area contributed by atoms with Crippen molar-refractivity contribution in [2.75, 3.05) is 5.32 Å². The number of hydrogen-bond acceptors (Lipinski definition) is 6. The number of ether oxygens (including phenoxy) is 1. The minimum atomic E-state index is -0.436. The molecular formula is C24H18ClFN6O2. The Bertz CT molecular complexity index is 1510. The van der Waals surface area contributed by atoms with Crippen LogP contribution in [0.3, 0.4) is 0 Å². The van der Waals surface area contributed by atoms with Crippen molar-refractivity contribution in [1.29, 1.82) is 0 Å². The van der Waals surface area contributed by atoms with E-state index in [1.165, 1.54) is 12.1 Å². The van der Waals surface area contributed by atoms with Crippen LogP contribution in [0.25, 0.3) is 11.2 Å². The summed E-state index contributed by atoms with van der Waals surface area (Å²) in [5.41, 5.74) is 2.20. The van der Waals surface area contributed by atoms with E-state index in [1.54, 1.807) is 42.2 Å². The highest BCUT2D eigenvalue weighted by Gasteiger charge is 2.16. The van der Waals surface area contributed by atoms with Crippen molar-refractivity contribution in [3.63, 3.8) is 0 Å². The van der Waals surface area contributed by atoms with Crippen molar-refractivity contribution in [1.82, 2.24) is 24.1 Å². The number of nitrogens with one attached hydrogen (secondary N) is 1. The van der Waals surface area contributed by atoms with Crippen molar-refractivity contribution in [2.45, 2.75) is 6.54 Å². The van der Waals surface area contributed by atoms with Crippen LogP contribution < -0.4 is 15.6 Å². The van der Waals surface area contributed by atoms with E-state index in [0.29, 0.717) is 40.1 Å². The highest BCUT2D eigenvalue weighted by molar-refractivity contribution is 6.30. The summed E-state index contributed by atoms with van der Waals surface area (Å²) in [4.78, 5) is 25.3. The van der Waals surface area contributed by atoms with Gasteiger partial charge in [0.2, 0.25) is 11.8 Å². The van der Waals surface area contributed by atoms with E-state index in [9.17, 15) is 9.18 Å². The SMILES string of the molecule is Cn1cnc2c1c(=O)nc(Nc1ccc(Oc3ccc(F)cn3)cc1)n2Cc1ccc(Cl)cc1. The van der Waals surface area contributed by atoms with Crippen LogP contribution in [0.5, 0.6) is 11.6 Å². The Kier molecular flexibility index (Phi) is 5.69. The van der Waals surface area contributed by atoms with Gasteiger partial charge in [0.15, 0.2) is 11.2 Å². The fourth-order valence-electron chi connectivity index (χ4n) is 3.47. The molecule has 0 spiro atoms. The molecule has 0 aliphatic heterocycles. The summed E-state index contributed by atoms with van der Waals surface area (Å²) in [6.07, 6.45) is 2.68. The zero-order chi connectivity index (χ0) is 23.7. The molecule has 5 aromatic rings. The van der Waals surface area contributed by atoms with Gasteiger partial charge in [-0.15, -0.1) is 0 Å². The molecule has 0 atom stereocenters. The summed E-state index contributed by atoms with van der Waals surface area (Å²) >= 11 is 6.02. The molecular weight excluding hydrogens is 459 g/mol. The molecule has 0 radical (unpaired) electrons. The maximum Gasteiger partial charge on any atom is 0.300 e. The molecule has 5 rings (SSSR count). The number of aromatic nitrogens is 5. The maximum absolute atomic E-state index is 13.0. The first-order valence-electron chi connectivity index (χ1n) is 10.3. The number of nitrogens with zero attached hydrogens (tertiary/aromatic N) is 5. The molecule has 0 bridgehead atoms. The van der Waals surface area contributed by atoms with Crippen molar-refractivity contribution >= 4 is 34.4 Å². The lowest BCUT2D eigenvalue weighted by Crippen LogP contribution is -2.19. The van der Waals surface area contributed by atoms with E-state index >= 15 is 0 Å².